The first-order valence-electron chi connectivity index (χ1n) is 6.18. The number of hydrogen-bond donors (Lipinski definition) is 1. The second kappa shape index (κ2) is 6.31. The maximum Gasteiger partial charge on any atom is 0.0975 e. The van der Waals surface area contributed by atoms with Gasteiger partial charge in [0.1, 0.15) is 0 Å². The van der Waals surface area contributed by atoms with Crippen LogP contribution in [0.3, 0.4) is 0 Å². The van der Waals surface area contributed by atoms with Gasteiger partial charge in [-0.1, -0.05) is 43.7 Å². The highest BCUT2D eigenvalue weighted by Crippen LogP contribution is 2.21. The van der Waals surface area contributed by atoms with E-state index in [1.807, 2.05) is 39.0 Å². The average Bonchev–Trinajstić information content (AvgIpc) is 2.28. The van der Waals surface area contributed by atoms with Crippen molar-refractivity contribution in [1.82, 2.24) is 4.72 Å². The molecule has 2 atom stereocenters. The van der Waals surface area contributed by atoms with Crippen molar-refractivity contribution in [2.45, 2.75) is 51.3 Å². The van der Waals surface area contributed by atoms with E-state index < -0.39 is 11.0 Å². The summed E-state index contributed by atoms with van der Waals surface area (Å²) in [7, 11) is -1.02. The van der Waals surface area contributed by atoms with Gasteiger partial charge in [0.25, 0.3) is 0 Å². The minimum Gasteiger partial charge on any atom is -0.242 e. The fraction of sp³-hybridized carbons (Fsp3) is 0.571. The van der Waals surface area contributed by atoms with E-state index >= 15 is 0 Å². The Kier molecular flexibility index (Phi) is 5.34. The summed E-state index contributed by atoms with van der Waals surface area (Å²) in [4.78, 5) is 0. The van der Waals surface area contributed by atoms with Crippen LogP contribution in [-0.2, 0) is 11.0 Å². The molecule has 0 heterocycles. The minimum atomic E-state index is -1.02. The SMILES string of the molecule is CCCC(NS(=O)C(C)(C)C)c1ccccc1. The van der Waals surface area contributed by atoms with Crippen LogP contribution in [0.5, 0.6) is 0 Å². The van der Waals surface area contributed by atoms with Gasteiger partial charge in [0.05, 0.1) is 15.7 Å². The molecule has 2 unspecified atom stereocenters. The van der Waals surface area contributed by atoms with Crippen molar-refractivity contribution in [3.05, 3.63) is 35.9 Å². The molecule has 0 bridgehead atoms. The zero-order valence-electron chi connectivity index (χ0n) is 11.2. The van der Waals surface area contributed by atoms with Crippen molar-refractivity contribution in [3.63, 3.8) is 0 Å². The van der Waals surface area contributed by atoms with Crippen LogP contribution in [0, 0.1) is 0 Å². The highest BCUT2D eigenvalue weighted by molar-refractivity contribution is 7.84. The van der Waals surface area contributed by atoms with E-state index in [0.29, 0.717) is 0 Å². The zero-order valence-corrected chi connectivity index (χ0v) is 12.0. The van der Waals surface area contributed by atoms with Crippen LogP contribution in [0.25, 0.3) is 0 Å². The highest BCUT2D eigenvalue weighted by atomic mass is 32.2. The highest BCUT2D eigenvalue weighted by Gasteiger charge is 2.23. The molecule has 2 nitrogen and oxygen atoms in total. The lowest BCUT2D eigenvalue weighted by Gasteiger charge is -2.24. The summed E-state index contributed by atoms with van der Waals surface area (Å²) in [6, 6.07) is 10.4. The van der Waals surface area contributed by atoms with Gasteiger partial charge in [0.2, 0.25) is 0 Å². The molecule has 1 aromatic carbocycles. The fourth-order valence-electron chi connectivity index (χ4n) is 1.57. The van der Waals surface area contributed by atoms with E-state index in [2.05, 4.69) is 23.8 Å². The number of hydrogen-bond acceptors (Lipinski definition) is 1. The smallest absolute Gasteiger partial charge is 0.0975 e. The molecule has 0 fully saturated rings. The van der Waals surface area contributed by atoms with E-state index in [9.17, 15) is 4.21 Å². The molecule has 0 radical (unpaired) electrons. The van der Waals surface area contributed by atoms with Crippen LogP contribution in [0.1, 0.15) is 52.1 Å². The van der Waals surface area contributed by atoms with Gasteiger partial charge in [0, 0.05) is 6.04 Å². The molecular weight excluding hydrogens is 230 g/mol. The number of rotatable bonds is 5. The van der Waals surface area contributed by atoms with Crippen molar-refractivity contribution in [2.75, 3.05) is 0 Å². The maximum absolute atomic E-state index is 12.1. The number of benzene rings is 1. The van der Waals surface area contributed by atoms with Gasteiger partial charge in [-0.05, 0) is 32.8 Å². The van der Waals surface area contributed by atoms with Gasteiger partial charge < -0.3 is 0 Å². The summed E-state index contributed by atoms with van der Waals surface area (Å²) in [5.74, 6) is 0. The van der Waals surface area contributed by atoms with Crippen molar-refractivity contribution in [2.24, 2.45) is 0 Å². The molecule has 0 spiro atoms. The topological polar surface area (TPSA) is 29.1 Å². The van der Waals surface area contributed by atoms with Crippen LogP contribution in [0.15, 0.2) is 30.3 Å². The Bertz CT molecular complexity index is 356. The summed E-state index contributed by atoms with van der Waals surface area (Å²) in [5, 5.41) is 0. The fourth-order valence-corrected chi connectivity index (χ4v) is 2.44. The van der Waals surface area contributed by atoms with E-state index in [1.54, 1.807) is 0 Å². The Balaban J connectivity index is 2.78. The normalized spacial score (nSPS) is 15.5. The minimum absolute atomic E-state index is 0.182. The van der Waals surface area contributed by atoms with Crippen molar-refractivity contribution in [1.29, 1.82) is 0 Å². The van der Waals surface area contributed by atoms with Crippen molar-refractivity contribution >= 4 is 11.0 Å². The van der Waals surface area contributed by atoms with Crippen molar-refractivity contribution in [3.8, 4) is 0 Å². The van der Waals surface area contributed by atoms with Crippen LogP contribution in [-0.4, -0.2) is 8.96 Å². The summed E-state index contributed by atoms with van der Waals surface area (Å²) in [5.41, 5.74) is 1.21. The first-order chi connectivity index (χ1) is 7.95. The molecule has 1 N–H and O–H groups in total. The predicted molar refractivity (Wildman–Crippen MR) is 75.1 cm³/mol. The predicted octanol–water partition coefficient (Wildman–Crippen LogP) is 3.58. The lowest BCUT2D eigenvalue weighted by molar-refractivity contribution is 0.565. The molecule has 0 aliphatic heterocycles. The third-order valence-corrected chi connectivity index (χ3v) is 4.20. The Morgan fingerprint density at radius 2 is 1.82 bits per heavy atom. The molecule has 96 valence electrons. The summed E-state index contributed by atoms with van der Waals surface area (Å²) in [6.07, 6.45) is 2.08. The zero-order chi connectivity index (χ0) is 12.9. The van der Waals surface area contributed by atoms with Crippen LogP contribution in [0.4, 0.5) is 0 Å². The third kappa shape index (κ3) is 4.60. The largest absolute Gasteiger partial charge is 0.242 e. The second-order valence-corrected chi connectivity index (χ2v) is 7.25. The molecule has 0 aliphatic rings. The molecule has 0 aromatic heterocycles. The van der Waals surface area contributed by atoms with E-state index in [4.69, 9.17) is 0 Å². The molecule has 0 saturated carbocycles. The van der Waals surface area contributed by atoms with Crippen LogP contribution < -0.4 is 4.72 Å². The van der Waals surface area contributed by atoms with Gasteiger partial charge in [0.15, 0.2) is 0 Å². The Hall–Kier alpha value is -0.670. The molecule has 1 rings (SSSR count). The van der Waals surface area contributed by atoms with Crippen LogP contribution in [0.2, 0.25) is 0 Å². The Morgan fingerprint density at radius 1 is 1.24 bits per heavy atom. The standard InChI is InChI=1S/C14H23NOS/c1-5-9-13(12-10-7-6-8-11-12)15-17(16)14(2,3)4/h6-8,10-11,13,15H,5,9H2,1-4H3. The number of nitrogens with one attached hydrogen (secondary N) is 1. The molecule has 1 aromatic rings. The Morgan fingerprint density at radius 3 is 2.29 bits per heavy atom. The van der Waals surface area contributed by atoms with E-state index in [0.717, 1.165) is 12.8 Å². The van der Waals surface area contributed by atoms with Crippen molar-refractivity contribution < 1.29 is 4.21 Å². The van der Waals surface area contributed by atoms with Gasteiger partial charge in [-0.2, -0.15) is 0 Å². The Labute approximate surface area is 107 Å². The first kappa shape index (κ1) is 14.4. The average molecular weight is 253 g/mol. The quantitative estimate of drug-likeness (QED) is 0.854. The van der Waals surface area contributed by atoms with Gasteiger partial charge in [-0.3, -0.25) is 0 Å². The third-order valence-electron chi connectivity index (χ3n) is 2.58. The van der Waals surface area contributed by atoms with Crippen LogP contribution >= 0.6 is 0 Å². The monoisotopic (exact) mass is 253 g/mol. The first-order valence-corrected chi connectivity index (χ1v) is 7.33. The second-order valence-electron chi connectivity index (χ2n) is 5.25. The van der Waals surface area contributed by atoms with E-state index in [-0.39, 0.29) is 10.8 Å². The lowest BCUT2D eigenvalue weighted by Crippen LogP contribution is -2.35. The summed E-state index contributed by atoms with van der Waals surface area (Å²) in [6.45, 7) is 8.12. The van der Waals surface area contributed by atoms with E-state index in [1.165, 1.54) is 5.56 Å². The van der Waals surface area contributed by atoms with Gasteiger partial charge >= 0.3 is 0 Å². The molecule has 0 aliphatic carbocycles. The summed E-state index contributed by atoms with van der Waals surface area (Å²) < 4.78 is 15.1. The molecule has 0 saturated heterocycles. The maximum atomic E-state index is 12.1. The van der Waals surface area contributed by atoms with Gasteiger partial charge in [-0.25, -0.2) is 8.93 Å². The molecule has 0 amide bonds. The van der Waals surface area contributed by atoms with Gasteiger partial charge in [-0.15, -0.1) is 0 Å². The lowest BCUT2D eigenvalue weighted by atomic mass is 10.0. The molecular formula is C14H23NOS. The molecule has 17 heavy (non-hydrogen) atoms. The molecule has 3 heteroatoms. The summed E-state index contributed by atoms with van der Waals surface area (Å²) >= 11 is 0.